The second kappa shape index (κ2) is 9.03. The minimum atomic E-state index is -3.41. The van der Waals surface area contributed by atoms with E-state index in [1.807, 2.05) is 0 Å². The highest BCUT2D eigenvalue weighted by atomic mass is 32.2. The van der Waals surface area contributed by atoms with Crippen molar-refractivity contribution in [1.82, 2.24) is 0 Å². The number of benzene rings is 3. The van der Waals surface area contributed by atoms with Crippen LogP contribution in [0.1, 0.15) is 27.6 Å². The molecule has 4 rings (SSSR count). The van der Waals surface area contributed by atoms with Gasteiger partial charge in [-0.25, -0.2) is 17.6 Å². The van der Waals surface area contributed by atoms with Crippen molar-refractivity contribution in [2.75, 3.05) is 22.4 Å². The minimum Gasteiger partial charge on any atom is -0.444 e. The van der Waals surface area contributed by atoms with Crippen LogP contribution in [0.2, 0.25) is 0 Å². The number of hydrogen-bond acceptors (Lipinski definition) is 5. The first kappa shape index (κ1) is 22.5. The SMILES string of the molecule is CS(=O)(=O)N1CCc2cc(C(=O)OC(C(=O)Nc3ccc(F)cc3)c3ccccc3)ccc21. The first-order chi connectivity index (χ1) is 15.7. The molecule has 0 saturated heterocycles. The first-order valence-electron chi connectivity index (χ1n) is 10.2. The average molecular weight is 469 g/mol. The first-order valence-corrected chi connectivity index (χ1v) is 12.0. The molecule has 0 aliphatic carbocycles. The van der Waals surface area contributed by atoms with E-state index in [0.717, 1.165) is 6.26 Å². The molecule has 170 valence electrons. The molecule has 9 heteroatoms. The van der Waals surface area contributed by atoms with Crippen molar-refractivity contribution in [2.45, 2.75) is 12.5 Å². The third kappa shape index (κ3) is 5.04. The molecule has 3 aromatic rings. The summed E-state index contributed by atoms with van der Waals surface area (Å²) in [6.45, 7) is 0.305. The fourth-order valence-electron chi connectivity index (χ4n) is 3.66. The Morgan fingerprint density at radius 2 is 1.73 bits per heavy atom. The lowest BCUT2D eigenvalue weighted by Crippen LogP contribution is -2.27. The summed E-state index contributed by atoms with van der Waals surface area (Å²) in [5, 5.41) is 2.63. The summed E-state index contributed by atoms with van der Waals surface area (Å²) in [5.41, 5.74) is 2.27. The lowest BCUT2D eigenvalue weighted by Gasteiger charge is -2.19. The van der Waals surface area contributed by atoms with Gasteiger partial charge in [-0.05, 0) is 54.4 Å². The number of esters is 1. The highest BCUT2D eigenvalue weighted by molar-refractivity contribution is 7.92. The zero-order chi connectivity index (χ0) is 23.6. The number of anilines is 2. The molecule has 0 fully saturated rings. The molecule has 0 spiro atoms. The van der Waals surface area contributed by atoms with Gasteiger partial charge in [-0.1, -0.05) is 30.3 Å². The summed E-state index contributed by atoms with van der Waals surface area (Å²) < 4.78 is 43.9. The standard InChI is InChI=1S/C24H21FN2O5S/c1-33(30,31)27-14-13-17-15-18(7-12-21(17)27)24(29)32-22(16-5-3-2-4-6-16)23(28)26-20-10-8-19(25)9-11-20/h2-12,15,22H,13-14H2,1H3,(H,26,28). The smallest absolute Gasteiger partial charge is 0.339 e. The molecule has 0 aromatic heterocycles. The van der Waals surface area contributed by atoms with Gasteiger partial charge in [0, 0.05) is 17.8 Å². The van der Waals surface area contributed by atoms with Crippen LogP contribution < -0.4 is 9.62 Å². The number of ether oxygens (including phenoxy) is 1. The Morgan fingerprint density at radius 3 is 2.39 bits per heavy atom. The van der Waals surface area contributed by atoms with E-state index >= 15 is 0 Å². The number of amides is 1. The van der Waals surface area contributed by atoms with Crippen molar-refractivity contribution in [3.05, 3.63) is 95.3 Å². The average Bonchev–Trinajstić information content (AvgIpc) is 3.23. The van der Waals surface area contributed by atoms with Crippen molar-refractivity contribution in [2.24, 2.45) is 0 Å². The molecule has 0 radical (unpaired) electrons. The van der Waals surface area contributed by atoms with E-state index < -0.39 is 33.8 Å². The molecule has 1 aliphatic heterocycles. The Balaban J connectivity index is 1.57. The largest absolute Gasteiger partial charge is 0.444 e. The van der Waals surface area contributed by atoms with E-state index in [2.05, 4.69) is 5.32 Å². The van der Waals surface area contributed by atoms with Crippen LogP contribution in [0.3, 0.4) is 0 Å². The predicted octanol–water partition coefficient (Wildman–Crippen LogP) is 3.68. The molecule has 0 saturated carbocycles. The number of nitrogens with zero attached hydrogens (tertiary/aromatic N) is 1. The monoisotopic (exact) mass is 468 g/mol. The number of halogens is 1. The van der Waals surface area contributed by atoms with E-state index in [1.165, 1.54) is 34.6 Å². The Morgan fingerprint density at radius 1 is 1.03 bits per heavy atom. The van der Waals surface area contributed by atoms with Crippen molar-refractivity contribution >= 4 is 33.3 Å². The Hall–Kier alpha value is -3.72. The van der Waals surface area contributed by atoms with Gasteiger partial charge in [0.05, 0.1) is 17.5 Å². The van der Waals surface area contributed by atoms with E-state index in [0.29, 0.717) is 35.5 Å². The molecule has 3 aromatic carbocycles. The molecule has 1 N–H and O–H groups in total. The fraction of sp³-hybridized carbons (Fsp3) is 0.167. The topological polar surface area (TPSA) is 92.8 Å². The summed E-state index contributed by atoms with van der Waals surface area (Å²) >= 11 is 0. The number of hydrogen-bond donors (Lipinski definition) is 1. The Bertz CT molecular complexity index is 1290. The molecule has 0 bridgehead atoms. The molecule has 33 heavy (non-hydrogen) atoms. The van der Waals surface area contributed by atoms with Gasteiger partial charge in [0.1, 0.15) is 5.82 Å². The highest BCUT2D eigenvalue weighted by Crippen LogP contribution is 2.31. The van der Waals surface area contributed by atoms with Gasteiger partial charge in [-0.15, -0.1) is 0 Å². The van der Waals surface area contributed by atoms with Gasteiger partial charge in [0.2, 0.25) is 16.1 Å². The summed E-state index contributed by atoms with van der Waals surface area (Å²) in [4.78, 5) is 25.9. The molecular formula is C24H21FN2O5S. The lowest BCUT2D eigenvalue weighted by molar-refractivity contribution is -0.125. The number of rotatable bonds is 6. The molecule has 1 aliphatic rings. The molecule has 1 unspecified atom stereocenters. The van der Waals surface area contributed by atoms with Crippen LogP contribution in [0, 0.1) is 5.82 Å². The molecular weight excluding hydrogens is 447 g/mol. The third-order valence-electron chi connectivity index (χ3n) is 5.25. The van der Waals surface area contributed by atoms with E-state index in [-0.39, 0.29) is 5.56 Å². The number of sulfonamides is 1. The summed E-state index contributed by atoms with van der Waals surface area (Å²) in [5.74, 6) is -1.76. The third-order valence-corrected chi connectivity index (χ3v) is 6.43. The second-order valence-electron chi connectivity index (χ2n) is 7.62. The second-order valence-corrected chi connectivity index (χ2v) is 9.53. The van der Waals surface area contributed by atoms with Crippen LogP contribution >= 0.6 is 0 Å². The Labute approximate surface area is 190 Å². The minimum absolute atomic E-state index is 0.208. The van der Waals surface area contributed by atoms with E-state index in [4.69, 9.17) is 4.74 Å². The predicted molar refractivity (Wildman–Crippen MR) is 122 cm³/mol. The van der Waals surface area contributed by atoms with Crippen LogP contribution in [0.4, 0.5) is 15.8 Å². The van der Waals surface area contributed by atoms with Gasteiger partial charge < -0.3 is 10.1 Å². The lowest BCUT2D eigenvalue weighted by atomic mass is 10.1. The van der Waals surface area contributed by atoms with Crippen LogP contribution in [-0.2, 0) is 26.0 Å². The van der Waals surface area contributed by atoms with Gasteiger partial charge in [0.25, 0.3) is 5.91 Å². The fourth-order valence-corrected chi connectivity index (χ4v) is 4.62. The normalized spacial score (nSPS) is 13.8. The molecule has 1 amide bonds. The summed E-state index contributed by atoms with van der Waals surface area (Å²) in [7, 11) is -3.41. The van der Waals surface area contributed by atoms with Gasteiger partial charge in [-0.2, -0.15) is 0 Å². The maximum Gasteiger partial charge on any atom is 0.339 e. The number of fused-ring (bicyclic) bond motifs is 1. The molecule has 1 heterocycles. The maximum absolute atomic E-state index is 13.2. The van der Waals surface area contributed by atoms with E-state index in [1.54, 1.807) is 42.5 Å². The maximum atomic E-state index is 13.2. The van der Waals surface area contributed by atoms with Gasteiger partial charge >= 0.3 is 5.97 Å². The quantitative estimate of drug-likeness (QED) is 0.557. The number of carbonyl (C=O) groups is 2. The van der Waals surface area contributed by atoms with Gasteiger partial charge in [0.15, 0.2) is 0 Å². The van der Waals surface area contributed by atoms with Crippen LogP contribution in [0.5, 0.6) is 0 Å². The highest BCUT2D eigenvalue weighted by Gasteiger charge is 2.29. The van der Waals surface area contributed by atoms with Crippen LogP contribution in [0.15, 0.2) is 72.8 Å². The Kier molecular flexibility index (Phi) is 6.15. The molecule has 1 atom stereocenters. The number of carbonyl (C=O) groups excluding carboxylic acids is 2. The van der Waals surface area contributed by atoms with E-state index in [9.17, 15) is 22.4 Å². The molecule has 7 nitrogen and oxygen atoms in total. The zero-order valence-corrected chi connectivity index (χ0v) is 18.5. The van der Waals surface area contributed by atoms with Crippen molar-refractivity contribution in [1.29, 1.82) is 0 Å². The van der Waals surface area contributed by atoms with Crippen molar-refractivity contribution in [3.8, 4) is 0 Å². The van der Waals surface area contributed by atoms with Crippen molar-refractivity contribution < 1.29 is 27.1 Å². The summed E-state index contributed by atoms with van der Waals surface area (Å²) in [6.07, 6.45) is 0.357. The number of nitrogens with one attached hydrogen (secondary N) is 1. The zero-order valence-electron chi connectivity index (χ0n) is 17.7. The van der Waals surface area contributed by atoms with Gasteiger partial charge in [-0.3, -0.25) is 9.10 Å². The van der Waals surface area contributed by atoms with Crippen LogP contribution in [0.25, 0.3) is 0 Å². The summed E-state index contributed by atoms with van der Waals surface area (Å²) in [6, 6.07) is 18.4. The van der Waals surface area contributed by atoms with Crippen molar-refractivity contribution in [3.63, 3.8) is 0 Å². The van der Waals surface area contributed by atoms with Crippen LogP contribution in [-0.4, -0.2) is 33.1 Å².